The number of hydrogen-bond donors (Lipinski definition) is 1. The van der Waals surface area contributed by atoms with E-state index in [1.807, 2.05) is 42.9 Å². The number of aromatic nitrogens is 1. The summed E-state index contributed by atoms with van der Waals surface area (Å²) in [7, 11) is 0. The molecule has 3 rings (SSSR count). The van der Waals surface area contributed by atoms with E-state index in [1.54, 1.807) is 12.3 Å². The summed E-state index contributed by atoms with van der Waals surface area (Å²) < 4.78 is 5.80. The van der Waals surface area contributed by atoms with E-state index >= 15 is 0 Å². The highest BCUT2D eigenvalue weighted by Gasteiger charge is 2.44. The molecule has 2 aliphatic rings. The first-order chi connectivity index (χ1) is 15.5. The third-order valence-electron chi connectivity index (χ3n) is 6.41. The van der Waals surface area contributed by atoms with Crippen LogP contribution < -0.4 is 5.32 Å². The first-order valence-corrected chi connectivity index (χ1v) is 12.7. The number of pyridine rings is 1. The van der Waals surface area contributed by atoms with E-state index in [1.165, 1.54) is 18.7 Å². The van der Waals surface area contributed by atoms with Gasteiger partial charge in [-0.25, -0.2) is 4.98 Å². The number of amides is 3. The Kier molecular flexibility index (Phi) is 8.05. The Balaban J connectivity index is 1.60. The van der Waals surface area contributed by atoms with Crippen LogP contribution in [0.2, 0.25) is 0 Å². The summed E-state index contributed by atoms with van der Waals surface area (Å²) in [5.74, 6) is -0.310. The summed E-state index contributed by atoms with van der Waals surface area (Å²) in [5, 5.41) is 3.51. The van der Waals surface area contributed by atoms with Crippen LogP contribution in [0, 0.1) is 5.41 Å². The van der Waals surface area contributed by atoms with Crippen LogP contribution in [0.25, 0.3) is 0 Å². The van der Waals surface area contributed by atoms with E-state index in [0.717, 1.165) is 24.3 Å². The van der Waals surface area contributed by atoms with Crippen molar-refractivity contribution in [3.05, 3.63) is 23.9 Å². The number of rotatable bonds is 6. The fourth-order valence-corrected chi connectivity index (χ4v) is 5.12. The predicted octanol–water partition coefficient (Wildman–Crippen LogP) is 2.58. The van der Waals surface area contributed by atoms with Gasteiger partial charge in [0.25, 0.3) is 5.91 Å². The van der Waals surface area contributed by atoms with Crippen molar-refractivity contribution in [3.8, 4) is 0 Å². The van der Waals surface area contributed by atoms with Gasteiger partial charge < -0.3 is 19.9 Å². The molecule has 0 aromatic carbocycles. The third-order valence-corrected chi connectivity index (χ3v) is 7.13. The van der Waals surface area contributed by atoms with Crippen LogP contribution >= 0.6 is 11.8 Å². The SMILES string of the molecule is CSc1ncccc1C(=O)N1CCC2(CC1)CCN(C(=O)[C@H](COC(C)(C)C)NC(C)=O)C2. The molecule has 0 aliphatic carbocycles. The molecule has 0 bridgehead atoms. The normalized spacial score (nSPS) is 18.9. The van der Waals surface area contributed by atoms with Crippen molar-refractivity contribution in [1.29, 1.82) is 0 Å². The quantitative estimate of drug-likeness (QED) is 0.635. The van der Waals surface area contributed by atoms with Gasteiger partial charge in [-0.05, 0) is 63.8 Å². The molecule has 33 heavy (non-hydrogen) atoms. The van der Waals surface area contributed by atoms with Crippen molar-refractivity contribution in [2.24, 2.45) is 5.41 Å². The zero-order valence-electron chi connectivity index (χ0n) is 20.3. The molecule has 1 aromatic rings. The molecule has 0 radical (unpaired) electrons. The van der Waals surface area contributed by atoms with Gasteiger partial charge in [-0.15, -0.1) is 11.8 Å². The van der Waals surface area contributed by atoms with E-state index in [9.17, 15) is 14.4 Å². The summed E-state index contributed by atoms with van der Waals surface area (Å²) in [6.45, 7) is 10.0. The summed E-state index contributed by atoms with van der Waals surface area (Å²) in [4.78, 5) is 46.0. The highest BCUT2D eigenvalue weighted by Crippen LogP contribution is 2.41. The van der Waals surface area contributed by atoms with Gasteiger partial charge in [-0.2, -0.15) is 0 Å². The fraction of sp³-hybridized carbons (Fsp3) is 0.667. The minimum Gasteiger partial charge on any atom is -0.373 e. The van der Waals surface area contributed by atoms with Gasteiger partial charge in [-0.3, -0.25) is 14.4 Å². The zero-order chi connectivity index (χ0) is 24.2. The van der Waals surface area contributed by atoms with Gasteiger partial charge in [0.1, 0.15) is 11.1 Å². The van der Waals surface area contributed by atoms with Crippen LogP contribution in [-0.4, -0.2) is 83.2 Å². The summed E-state index contributed by atoms with van der Waals surface area (Å²) in [6.07, 6.45) is 6.27. The monoisotopic (exact) mass is 476 g/mol. The summed E-state index contributed by atoms with van der Waals surface area (Å²) in [5.41, 5.74) is 0.281. The number of carbonyl (C=O) groups is 3. The lowest BCUT2D eigenvalue weighted by Gasteiger charge is -2.39. The van der Waals surface area contributed by atoms with Crippen LogP contribution in [0.15, 0.2) is 23.4 Å². The average Bonchev–Trinajstić information content (AvgIpc) is 3.18. The largest absolute Gasteiger partial charge is 0.373 e. The van der Waals surface area contributed by atoms with Crippen molar-refractivity contribution in [3.63, 3.8) is 0 Å². The molecule has 2 aliphatic heterocycles. The van der Waals surface area contributed by atoms with Crippen LogP contribution in [0.4, 0.5) is 0 Å². The van der Waals surface area contributed by atoms with Gasteiger partial charge in [0.2, 0.25) is 11.8 Å². The number of nitrogens with one attached hydrogen (secondary N) is 1. The average molecular weight is 477 g/mol. The molecule has 0 unspecified atom stereocenters. The molecule has 1 atom stereocenters. The lowest BCUT2D eigenvalue weighted by Crippen LogP contribution is -2.51. The zero-order valence-corrected chi connectivity index (χ0v) is 21.2. The molecule has 182 valence electrons. The molecule has 2 fully saturated rings. The van der Waals surface area contributed by atoms with Crippen LogP contribution in [0.1, 0.15) is 57.3 Å². The molecule has 2 saturated heterocycles. The minimum atomic E-state index is -0.686. The number of nitrogens with zero attached hydrogens (tertiary/aromatic N) is 3. The second-order valence-electron chi connectivity index (χ2n) is 10.0. The Morgan fingerprint density at radius 1 is 1.18 bits per heavy atom. The van der Waals surface area contributed by atoms with Gasteiger partial charge in [0.05, 0.1) is 17.8 Å². The maximum atomic E-state index is 13.2. The molecule has 1 N–H and O–H groups in total. The van der Waals surface area contributed by atoms with Crippen LogP contribution in [0.3, 0.4) is 0 Å². The maximum absolute atomic E-state index is 13.2. The molecule has 1 aromatic heterocycles. The molecule has 3 amide bonds. The van der Waals surface area contributed by atoms with E-state index in [2.05, 4.69) is 10.3 Å². The fourth-order valence-electron chi connectivity index (χ4n) is 4.58. The van der Waals surface area contributed by atoms with E-state index in [-0.39, 0.29) is 29.7 Å². The van der Waals surface area contributed by atoms with Crippen LogP contribution in [0.5, 0.6) is 0 Å². The molecule has 3 heterocycles. The van der Waals surface area contributed by atoms with E-state index < -0.39 is 11.6 Å². The predicted molar refractivity (Wildman–Crippen MR) is 128 cm³/mol. The molecular weight excluding hydrogens is 440 g/mol. The number of piperidine rings is 1. The molecule has 9 heteroatoms. The first kappa shape index (κ1) is 25.5. The highest BCUT2D eigenvalue weighted by atomic mass is 32.2. The van der Waals surface area contributed by atoms with Crippen molar-refractivity contribution in [2.45, 2.75) is 63.6 Å². The third kappa shape index (κ3) is 6.47. The summed E-state index contributed by atoms with van der Waals surface area (Å²) in [6, 6.07) is 2.95. The van der Waals surface area contributed by atoms with Crippen molar-refractivity contribution in [2.75, 3.05) is 39.0 Å². The highest BCUT2D eigenvalue weighted by molar-refractivity contribution is 7.98. The van der Waals surface area contributed by atoms with Crippen molar-refractivity contribution >= 4 is 29.5 Å². The molecule has 1 spiro atoms. The molecule has 0 saturated carbocycles. The lowest BCUT2D eigenvalue weighted by molar-refractivity contribution is -0.139. The number of thioether (sulfide) groups is 1. The Bertz CT molecular complexity index is 877. The van der Waals surface area contributed by atoms with Gasteiger partial charge in [-0.1, -0.05) is 0 Å². The van der Waals surface area contributed by atoms with Crippen molar-refractivity contribution < 1.29 is 19.1 Å². The number of carbonyl (C=O) groups excluding carboxylic acids is 3. The second-order valence-corrected chi connectivity index (χ2v) is 10.8. The standard InChI is InChI=1S/C24H36N4O4S/c1-17(29)26-19(15-32-23(2,3)4)22(31)28-14-10-24(16-28)8-12-27(13-9-24)21(30)18-7-6-11-25-20(18)33-5/h6-7,11,19H,8-10,12-16H2,1-5H3,(H,26,29)/t19-/m0/s1. The smallest absolute Gasteiger partial charge is 0.256 e. The van der Waals surface area contributed by atoms with E-state index in [4.69, 9.17) is 4.74 Å². The van der Waals surface area contributed by atoms with Gasteiger partial charge in [0.15, 0.2) is 0 Å². The first-order valence-electron chi connectivity index (χ1n) is 11.5. The maximum Gasteiger partial charge on any atom is 0.256 e. The molecule has 8 nitrogen and oxygen atoms in total. The van der Waals surface area contributed by atoms with E-state index in [0.29, 0.717) is 31.7 Å². The Morgan fingerprint density at radius 2 is 1.82 bits per heavy atom. The Morgan fingerprint density at radius 3 is 2.39 bits per heavy atom. The number of hydrogen-bond acceptors (Lipinski definition) is 6. The topological polar surface area (TPSA) is 91.8 Å². The molecular formula is C24H36N4O4S. The Labute approximate surface area is 200 Å². The van der Waals surface area contributed by atoms with Crippen LogP contribution in [-0.2, 0) is 14.3 Å². The number of likely N-dealkylation sites (tertiary alicyclic amines) is 2. The van der Waals surface area contributed by atoms with Crippen molar-refractivity contribution in [1.82, 2.24) is 20.1 Å². The summed E-state index contributed by atoms with van der Waals surface area (Å²) >= 11 is 1.48. The lowest BCUT2D eigenvalue weighted by atomic mass is 9.77. The second kappa shape index (κ2) is 10.4. The van der Waals surface area contributed by atoms with Gasteiger partial charge in [0, 0.05) is 39.3 Å². The number of ether oxygens (including phenoxy) is 1. The van der Waals surface area contributed by atoms with Gasteiger partial charge >= 0.3 is 0 Å². The minimum absolute atomic E-state index is 0.0232. The Hall–Kier alpha value is -2.13.